The number of fused-ring (bicyclic) bond motifs is 2. The van der Waals surface area contributed by atoms with Crippen molar-refractivity contribution in [3.63, 3.8) is 0 Å². The van der Waals surface area contributed by atoms with E-state index in [4.69, 9.17) is 0 Å². The van der Waals surface area contributed by atoms with Gasteiger partial charge in [0.2, 0.25) is 0 Å². The second kappa shape index (κ2) is 6.44. The summed E-state index contributed by atoms with van der Waals surface area (Å²) in [5.74, 6) is 0.694. The van der Waals surface area contributed by atoms with Gasteiger partial charge in [-0.2, -0.15) is 0 Å². The highest BCUT2D eigenvalue weighted by Gasteiger charge is 2.25. The first-order chi connectivity index (χ1) is 13.3. The van der Waals surface area contributed by atoms with Crippen molar-refractivity contribution in [3.8, 4) is 0 Å². The number of anilines is 2. The quantitative estimate of drug-likeness (QED) is 0.569. The lowest BCUT2D eigenvalue weighted by Gasteiger charge is -2.26. The number of amides is 1. The number of nitrogens with one attached hydrogen (secondary N) is 2. The van der Waals surface area contributed by atoms with Gasteiger partial charge in [-0.1, -0.05) is 29.5 Å². The maximum Gasteiger partial charge on any atom is 0.254 e. The van der Waals surface area contributed by atoms with Crippen molar-refractivity contribution < 1.29 is 4.79 Å². The Bertz CT molecular complexity index is 1120. The van der Waals surface area contributed by atoms with E-state index in [0.717, 1.165) is 27.6 Å². The van der Waals surface area contributed by atoms with E-state index in [9.17, 15) is 4.79 Å². The number of hydrogen-bond donors (Lipinski definition) is 2. The van der Waals surface area contributed by atoms with Crippen molar-refractivity contribution in [2.45, 2.75) is 13.0 Å². The Labute approximate surface area is 158 Å². The zero-order valence-electron chi connectivity index (χ0n) is 14.2. The van der Waals surface area contributed by atoms with E-state index in [1.54, 1.807) is 17.7 Å². The van der Waals surface area contributed by atoms with Gasteiger partial charge in [0, 0.05) is 23.4 Å². The van der Waals surface area contributed by atoms with Crippen molar-refractivity contribution in [1.29, 1.82) is 0 Å². The van der Waals surface area contributed by atoms with E-state index in [0.29, 0.717) is 30.1 Å². The Morgan fingerprint density at radius 3 is 2.96 bits per heavy atom. The van der Waals surface area contributed by atoms with Gasteiger partial charge >= 0.3 is 0 Å². The fourth-order valence-electron chi connectivity index (χ4n) is 3.15. The molecule has 0 saturated carbocycles. The summed E-state index contributed by atoms with van der Waals surface area (Å²) in [6.45, 7) is 1.24. The number of rotatable bonds is 3. The van der Waals surface area contributed by atoms with Crippen LogP contribution in [0.2, 0.25) is 0 Å². The summed E-state index contributed by atoms with van der Waals surface area (Å²) in [4.78, 5) is 35.9. The molecule has 8 nitrogen and oxygen atoms in total. The number of aromatic nitrogens is 5. The number of H-pyrrole nitrogens is 1. The standard InChI is InChI=1S/C18H15N7OS/c26-17(11-4-2-1-3-5-11)25-7-6-12-13(8-25)27-18(23-12)24-16-14-15(20-9-19-14)21-10-22-16/h1-5,9-10H,6-8H2,(H2,19,20,21,22,23,24). The summed E-state index contributed by atoms with van der Waals surface area (Å²) in [5.41, 5.74) is 3.10. The molecule has 0 spiro atoms. The van der Waals surface area contributed by atoms with Crippen LogP contribution < -0.4 is 5.32 Å². The minimum atomic E-state index is 0.0547. The molecule has 4 aromatic rings. The number of thiazole rings is 1. The highest BCUT2D eigenvalue weighted by Crippen LogP contribution is 2.31. The highest BCUT2D eigenvalue weighted by atomic mass is 32.1. The summed E-state index contributed by atoms with van der Waals surface area (Å²) >= 11 is 1.55. The minimum Gasteiger partial charge on any atom is -0.340 e. The molecule has 0 aliphatic carbocycles. The van der Waals surface area contributed by atoms with Gasteiger partial charge in [-0.15, -0.1) is 0 Å². The molecule has 0 unspecified atom stereocenters. The number of aromatic amines is 1. The van der Waals surface area contributed by atoms with Crippen molar-refractivity contribution in [2.75, 3.05) is 11.9 Å². The highest BCUT2D eigenvalue weighted by molar-refractivity contribution is 7.15. The smallest absolute Gasteiger partial charge is 0.254 e. The first-order valence-electron chi connectivity index (χ1n) is 8.52. The molecule has 1 aliphatic heterocycles. The molecule has 5 rings (SSSR count). The molecule has 134 valence electrons. The van der Waals surface area contributed by atoms with Crippen LogP contribution in [0.25, 0.3) is 11.2 Å². The van der Waals surface area contributed by atoms with Gasteiger partial charge in [0.15, 0.2) is 16.6 Å². The number of hydrogen-bond acceptors (Lipinski definition) is 7. The fraction of sp³-hybridized carbons (Fsp3) is 0.167. The van der Waals surface area contributed by atoms with Crippen LogP contribution in [0.3, 0.4) is 0 Å². The van der Waals surface area contributed by atoms with Gasteiger partial charge in [0.1, 0.15) is 11.8 Å². The third-order valence-corrected chi connectivity index (χ3v) is 5.49. The van der Waals surface area contributed by atoms with Crippen molar-refractivity contribution in [3.05, 3.63) is 59.1 Å². The summed E-state index contributed by atoms with van der Waals surface area (Å²) in [6.07, 6.45) is 3.80. The predicted octanol–water partition coefficient (Wildman–Crippen LogP) is 2.75. The van der Waals surface area contributed by atoms with Gasteiger partial charge in [-0.3, -0.25) is 4.79 Å². The average Bonchev–Trinajstić information content (AvgIpc) is 3.34. The van der Waals surface area contributed by atoms with Gasteiger partial charge in [-0.25, -0.2) is 19.9 Å². The molecule has 0 radical (unpaired) electrons. The molecule has 4 heterocycles. The zero-order valence-corrected chi connectivity index (χ0v) is 15.0. The molecule has 0 bridgehead atoms. The van der Waals surface area contributed by atoms with E-state index < -0.39 is 0 Å². The zero-order chi connectivity index (χ0) is 18.2. The molecule has 0 atom stereocenters. The minimum absolute atomic E-state index is 0.0547. The number of nitrogens with zero attached hydrogens (tertiary/aromatic N) is 5. The first kappa shape index (κ1) is 15.9. The lowest BCUT2D eigenvalue weighted by atomic mass is 10.1. The third-order valence-electron chi connectivity index (χ3n) is 4.49. The third kappa shape index (κ3) is 2.91. The summed E-state index contributed by atoms with van der Waals surface area (Å²) in [5, 5.41) is 4.00. The van der Waals surface area contributed by atoms with Crippen LogP contribution >= 0.6 is 11.3 Å². The van der Waals surface area contributed by atoms with E-state index >= 15 is 0 Å². The predicted molar refractivity (Wildman–Crippen MR) is 102 cm³/mol. The largest absolute Gasteiger partial charge is 0.340 e. The second-order valence-electron chi connectivity index (χ2n) is 6.18. The summed E-state index contributed by atoms with van der Waals surface area (Å²) in [6, 6.07) is 9.38. The van der Waals surface area contributed by atoms with Crippen LogP contribution in [-0.4, -0.2) is 42.3 Å². The number of carbonyl (C=O) groups excluding carboxylic acids is 1. The molecular weight excluding hydrogens is 362 g/mol. The van der Waals surface area contributed by atoms with E-state index in [2.05, 4.69) is 30.2 Å². The molecule has 0 fully saturated rings. The maximum absolute atomic E-state index is 12.7. The van der Waals surface area contributed by atoms with Crippen LogP contribution in [0.4, 0.5) is 10.9 Å². The van der Waals surface area contributed by atoms with Gasteiger partial charge in [-0.05, 0) is 12.1 Å². The van der Waals surface area contributed by atoms with Crippen LogP contribution in [0, 0.1) is 0 Å². The molecular formula is C18H15N7OS. The Morgan fingerprint density at radius 2 is 2.07 bits per heavy atom. The van der Waals surface area contributed by atoms with Crippen LogP contribution in [0.15, 0.2) is 43.0 Å². The molecule has 1 aromatic carbocycles. The monoisotopic (exact) mass is 377 g/mol. The molecule has 3 aromatic heterocycles. The summed E-state index contributed by atoms with van der Waals surface area (Å²) < 4.78 is 0. The Morgan fingerprint density at radius 1 is 1.19 bits per heavy atom. The molecule has 0 saturated heterocycles. The van der Waals surface area contributed by atoms with Gasteiger partial charge < -0.3 is 15.2 Å². The van der Waals surface area contributed by atoms with Crippen LogP contribution in [0.5, 0.6) is 0 Å². The average molecular weight is 377 g/mol. The van der Waals surface area contributed by atoms with Gasteiger partial charge in [0.05, 0.1) is 18.6 Å². The second-order valence-corrected chi connectivity index (χ2v) is 7.26. The van der Waals surface area contributed by atoms with Crippen molar-refractivity contribution in [2.24, 2.45) is 0 Å². The molecule has 1 amide bonds. The van der Waals surface area contributed by atoms with Crippen LogP contribution in [0.1, 0.15) is 20.9 Å². The Kier molecular flexibility index (Phi) is 3.79. The Balaban J connectivity index is 1.37. The lowest BCUT2D eigenvalue weighted by Crippen LogP contribution is -2.35. The normalized spacial score (nSPS) is 13.6. The topological polar surface area (TPSA) is 99.7 Å². The summed E-state index contributed by atoms with van der Waals surface area (Å²) in [7, 11) is 0. The molecule has 9 heteroatoms. The Hall–Kier alpha value is -3.33. The maximum atomic E-state index is 12.7. The first-order valence-corrected chi connectivity index (χ1v) is 9.33. The molecule has 27 heavy (non-hydrogen) atoms. The van der Waals surface area contributed by atoms with Crippen LogP contribution in [-0.2, 0) is 13.0 Å². The lowest BCUT2D eigenvalue weighted by molar-refractivity contribution is 0.0736. The SMILES string of the molecule is O=C(c1ccccc1)N1CCc2nc(Nc3ncnc4nc[nH]c34)sc2C1. The number of carbonyl (C=O) groups is 1. The molecule has 2 N–H and O–H groups in total. The number of imidazole rings is 1. The fourth-order valence-corrected chi connectivity index (χ4v) is 4.17. The van der Waals surface area contributed by atoms with E-state index in [-0.39, 0.29) is 5.91 Å². The molecule has 1 aliphatic rings. The van der Waals surface area contributed by atoms with Crippen molar-refractivity contribution in [1.82, 2.24) is 29.8 Å². The van der Waals surface area contributed by atoms with Crippen molar-refractivity contribution >= 4 is 39.4 Å². The number of benzene rings is 1. The van der Waals surface area contributed by atoms with E-state index in [1.807, 2.05) is 35.2 Å². The van der Waals surface area contributed by atoms with E-state index in [1.165, 1.54) is 6.33 Å². The van der Waals surface area contributed by atoms with Gasteiger partial charge in [0.25, 0.3) is 5.91 Å².